The maximum atomic E-state index is 4.71. The van der Waals surface area contributed by atoms with Crippen molar-refractivity contribution >= 4 is 0 Å². The first-order valence-electron chi connectivity index (χ1n) is 8.41. The van der Waals surface area contributed by atoms with Crippen LogP contribution in [0.5, 0.6) is 0 Å². The molecule has 0 bridgehead atoms. The molecule has 0 aliphatic heterocycles. The average Bonchev–Trinajstić information content (AvgIpc) is 2.89. The third kappa shape index (κ3) is 4.08. The van der Waals surface area contributed by atoms with Gasteiger partial charge in [0.05, 0.1) is 11.7 Å². The third-order valence-electron chi connectivity index (χ3n) is 4.90. The van der Waals surface area contributed by atoms with Crippen molar-refractivity contribution in [3.63, 3.8) is 0 Å². The summed E-state index contributed by atoms with van der Waals surface area (Å²) in [6.07, 6.45) is 11.4. The van der Waals surface area contributed by atoms with E-state index < -0.39 is 0 Å². The zero-order chi connectivity index (χ0) is 14.4. The van der Waals surface area contributed by atoms with Gasteiger partial charge in [-0.1, -0.05) is 40.0 Å². The first kappa shape index (κ1) is 15.6. The molecule has 0 spiro atoms. The van der Waals surface area contributed by atoms with Crippen molar-refractivity contribution in [1.82, 2.24) is 15.1 Å². The molecule has 0 unspecified atom stereocenters. The van der Waals surface area contributed by atoms with Gasteiger partial charge in [-0.05, 0) is 37.2 Å². The minimum absolute atomic E-state index is 0.510. The zero-order valence-electron chi connectivity index (χ0n) is 13.5. The number of aromatic nitrogens is 2. The van der Waals surface area contributed by atoms with Gasteiger partial charge in [-0.25, -0.2) is 0 Å². The lowest BCUT2D eigenvalue weighted by Crippen LogP contribution is -2.33. The van der Waals surface area contributed by atoms with Crippen molar-refractivity contribution in [2.75, 3.05) is 6.54 Å². The van der Waals surface area contributed by atoms with Crippen molar-refractivity contribution in [3.05, 3.63) is 18.0 Å². The topological polar surface area (TPSA) is 29.9 Å². The van der Waals surface area contributed by atoms with Crippen LogP contribution in [0, 0.1) is 5.41 Å². The lowest BCUT2D eigenvalue weighted by atomic mass is 9.76. The molecule has 3 nitrogen and oxygen atoms in total. The molecule has 0 amide bonds. The average molecular weight is 277 g/mol. The number of hydrogen-bond donors (Lipinski definition) is 1. The van der Waals surface area contributed by atoms with Crippen molar-refractivity contribution in [2.45, 2.75) is 78.3 Å². The van der Waals surface area contributed by atoms with E-state index in [4.69, 9.17) is 5.10 Å². The van der Waals surface area contributed by atoms with Crippen LogP contribution in [0.15, 0.2) is 12.3 Å². The van der Waals surface area contributed by atoms with Crippen LogP contribution in [0.3, 0.4) is 0 Å². The molecule has 114 valence electrons. The van der Waals surface area contributed by atoms with E-state index in [-0.39, 0.29) is 0 Å². The van der Waals surface area contributed by atoms with Gasteiger partial charge in [-0.2, -0.15) is 5.10 Å². The predicted molar refractivity (Wildman–Crippen MR) is 84.7 cm³/mol. The maximum Gasteiger partial charge on any atom is 0.0762 e. The third-order valence-corrected chi connectivity index (χ3v) is 4.90. The Bertz CT molecular complexity index is 387. The quantitative estimate of drug-likeness (QED) is 0.805. The highest BCUT2D eigenvalue weighted by Crippen LogP contribution is 2.34. The van der Waals surface area contributed by atoms with Crippen molar-refractivity contribution in [3.8, 4) is 0 Å². The van der Waals surface area contributed by atoms with Gasteiger partial charge in [0.15, 0.2) is 0 Å². The van der Waals surface area contributed by atoms with E-state index in [1.54, 1.807) is 0 Å². The summed E-state index contributed by atoms with van der Waals surface area (Å²) in [5.74, 6) is 0. The van der Waals surface area contributed by atoms with Crippen LogP contribution in [0.1, 0.15) is 77.5 Å². The van der Waals surface area contributed by atoms with E-state index in [2.05, 4.69) is 43.0 Å². The first-order chi connectivity index (χ1) is 9.67. The summed E-state index contributed by atoms with van der Waals surface area (Å²) >= 11 is 0. The second kappa shape index (κ2) is 7.26. The van der Waals surface area contributed by atoms with Crippen LogP contribution in [0.2, 0.25) is 0 Å². The molecule has 1 aliphatic rings. The van der Waals surface area contributed by atoms with Gasteiger partial charge in [0.25, 0.3) is 0 Å². The first-order valence-corrected chi connectivity index (χ1v) is 8.41. The maximum absolute atomic E-state index is 4.71. The highest BCUT2D eigenvalue weighted by atomic mass is 15.3. The Hall–Kier alpha value is -0.830. The molecular formula is C17H31N3. The van der Waals surface area contributed by atoms with Crippen molar-refractivity contribution < 1.29 is 0 Å². The fraction of sp³-hybridized carbons (Fsp3) is 0.824. The molecule has 1 saturated carbocycles. The van der Waals surface area contributed by atoms with E-state index in [1.807, 2.05) is 0 Å². The highest BCUT2D eigenvalue weighted by Gasteiger charge is 2.26. The Morgan fingerprint density at radius 3 is 2.60 bits per heavy atom. The lowest BCUT2D eigenvalue weighted by Gasteiger charge is -2.33. The number of hydrogen-bond acceptors (Lipinski definition) is 2. The lowest BCUT2D eigenvalue weighted by molar-refractivity contribution is 0.207. The van der Waals surface area contributed by atoms with Gasteiger partial charge >= 0.3 is 0 Å². The van der Waals surface area contributed by atoms with Crippen LogP contribution in [0.4, 0.5) is 0 Å². The molecule has 1 aromatic heterocycles. The smallest absolute Gasteiger partial charge is 0.0762 e. The standard InChI is InChI=1S/C17H31N3/c1-4-16(5-2)20-12-9-15(19-20)13-18-14-17(3)10-7-6-8-11-17/h9,12,16,18H,4-8,10-11,13-14H2,1-3H3. The molecule has 1 fully saturated rings. The molecule has 2 rings (SSSR count). The summed E-state index contributed by atoms with van der Waals surface area (Å²) in [5.41, 5.74) is 1.69. The van der Waals surface area contributed by atoms with Gasteiger partial charge in [0.2, 0.25) is 0 Å². The van der Waals surface area contributed by atoms with Crippen molar-refractivity contribution in [2.24, 2.45) is 5.41 Å². The number of nitrogens with zero attached hydrogens (tertiary/aromatic N) is 2. The highest BCUT2D eigenvalue weighted by molar-refractivity contribution is 4.99. The van der Waals surface area contributed by atoms with Crippen LogP contribution in [-0.2, 0) is 6.54 Å². The van der Waals surface area contributed by atoms with E-state index in [0.717, 1.165) is 25.9 Å². The summed E-state index contributed by atoms with van der Waals surface area (Å²) in [4.78, 5) is 0. The van der Waals surface area contributed by atoms with Crippen LogP contribution < -0.4 is 5.32 Å². The van der Waals surface area contributed by atoms with Crippen LogP contribution in [0.25, 0.3) is 0 Å². The SMILES string of the molecule is CCC(CC)n1ccc(CNCC2(C)CCCCC2)n1. The molecule has 20 heavy (non-hydrogen) atoms. The van der Waals surface area contributed by atoms with Gasteiger partial charge < -0.3 is 5.32 Å². The predicted octanol–water partition coefficient (Wildman–Crippen LogP) is 4.30. The van der Waals surface area contributed by atoms with Crippen LogP contribution in [-0.4, -0.2) is 16.3 Å². The Labute approximate surface area is 124 Å². The Morgan fingerprint density at radius 2 is 1.95 bits per heavy atom. The number of nitrogens with one attached hydrogen (secondary N) is 1. The fourth-order valence-electron chi connectivity index (χ4n) is 3.41. The second-order valence-corrected chi connectivity index (χ2v) is 6.73. The molecule has 0 radical (unpaired) electrons. The summed E-state index contributed by atoms with van der Waals surface area (Å²) in [5, 5.41) is 8.34. The monoisotopic (exact) mass is 277 g/mol. The fourth-order valence-corrected chi connectivity index (χ4v) is 3.41. The molecule has 1 aliphatic carbocycles. The van der Waals surface area contributed by atoms with E-state index in [1.165, 1.54) is 37.8 Å². The Balaban J connectivity index is 1.79. The van der Waals surface area contributed by atoms with E-state index in [9.17, 15) is 0 Å². The molecule has 1 aromatic rings. The summed E-state index contributed by atoms with van der Waals surface area (Å²) in [6, 6.07) is 2.72. The molecular weight excluding hydrogens is 246 g/mol. The minimum Gasteiger partial charge on any atom is -0.311 e. The van der Waals surface area contributed by atoms with Crippen molar-refractivity contribution in [1.29, 1.82) is 0 Å². The summed E-state index contributed by atoms with van der Waals surface area (Å²) < 4.78 is 2.14. The largest absolute Gasteiger partial charge is 0.311 e. The Kier molecular flexibility index (Phi) is 5.64. The van der Waals surface area contributed by atoms with Gasteiger partial charge in [0, 0.05) is 19.3 Å². The molecule has 1 N–H and O–H groups in total. The van der Waals surface area contributed by atoms with E-state index in [0.29, 0.717) is 11.5 Å². The summed E-state index contributed by atoms with van der Waals surface area (Å²) in [6.45, 7) is 8.94. The normalized spacial score (nSPS) is 18.6. The zero-order valence-corrected chi connectivity index (χ0v) is 13.5. The summed E-state index contributed by atoms with van der Waals surface area (Å²) in [7, 11) is 0. The Morgan fingerprint density at radius 1 is 1.25 bits per heavy atom. The van der Waals surface area contributed by atoms with Crippen LogP contribution >= 0.6 is 0 Å². The molecule has 3 heteroatoms. The van der Waals surface area contributed by atoms with Gasteiger partial charge in [-0.15, -0.1) is 0 Å². The number of rotatable bonds is 7. The molecule has 0 aromatic carbocycles. The van der Waals surface area contributed by atoms with Gasteiger partial charge in [0.1, 0.15) is 0 Å². The molecule has 1 heterocycles. The second-order valence-electron chi connectivity index (χ2n) is 6.73. The minimum atomic E-state index is 0.510. The van der Waals surface area contributed by atoms with Gasteiger partial charge in [-0.3, -0.25) is 4.68 Å². The molecule has 0 atom stereocenters. The molecule has 0 saturated heterocycles. The van der Waals surface area contributed by atoms with E-state index >= 15 is 0 Å².